The molecule has 1 unspecified atom stereocenters. The van der Waals surface area contributed by atoms with Crippen LogP contribution in [0.2, 0.25) is 0 Å². The Morgan fingerprint density at radius 3 is 2.90 bits per heavy atom. The second-order valence-corrected chi connectivity index (χ2v) is 5.99. The predicted octanol–water partition coefficient (Wildman–Crippen LogP) is 4.63. The van der Waals surface area contributed by atoms with E-state index in [0.717, 1.165) is 25.3 Å². The lowest BCUT2D eigenvalue weighted by Crippen LogP contribution is -2.33. The third kappa shape index (κ3) is 5.55. The van der Waals surface area contributed by atoms with E-state index in [1.54, 1.807) is 5.57 Å². The Bertz CT molecular complexity index is 453. The normalized spacial score (nSPS) is 16.4. The summed E-state index contributed by atoms with van der Waals surface area (Å²) >= 11 is 0. The van der Waals surface area contributed by atoms with Crippen LogP contribution < -0.4 is 10.1 Å². The highest BCUT2D eigenvalue weighted by Gasteiger charge is 2.15. The maximum absolute atomic E-state index is 5.92. The van der Waals surface area contributed by atoms with E-state index in [2.05, 4.69) is 43.4 Å². The number of ether oxygens (including phenoxy) is 1. The van der Waals surface area contributed by atoms with E-state index in [4.69, 9.17) is 4.74 Å². The van der Waals surface area contributed by atoms with Crippen molar-refractivity contribution in [3.8, 4) is 5.75 Å². The zero-order chi connectivity index (χ0) is 14.9. The van der Waals surface area contributed by atoms with Crippen LogP contribution in [0.3, 0.4) is 0 Å². The van der Waals surface area contributed by atoms with Crippen molar-refractivity contribution >= 4 is 0 Å². The first-order chi connectivity index (χ1) is 10.3. The highest BCUT2D eigenvalue weighted by Crippen LogP contribution is 2.22. The Morgan fingerprint density at radius 2 is 2.19 bits per heavy atom. The van der Waals surface area contributed by atoms with Crippen LogP contribution in [-0.4, -0.2) is 19.2 Å². The van der Waals surface area contributed by atoms with Gasteiger partial charge in [-0.25, -0.2) is 0 Å². The molecule has 0 heterocycles. The standard InChI is InChI=1S/C19H29NO/c1-3-13-20-19(17-9-5-4-6-10-17)12-14-21-18-11-7-8-16(2)15-18/h7-9,11,15,19-20H,3-6,10,12-14H2,1-2H3. The molecule has 2 nitrogen and oxygen atoms in total. The zero-order valence-corrected chi connectivity index (χ0v) is 13.5. The SMILES string of the molecule is CCCNC(CCOc1cccc(C)c1)C1=CCCCC1. The van der Waals surface area contributed by atoms with Crippen LogP contribution >= 0.6 is 0 Å². The molecule has 1 aromatic rings. The average molecular weight is 287 g/mol. The molecule has 0 aromatic heterocycles. The van der Waals surface area contributed by atoms with Crippen LogP contribution in [0.1, 0.15) is 51.0 Å². The molecule has 2 heteroatoms. The van der Waals surface area contributed by atoms with Gasteiger partial charge in [-0.2, -0.15) is 0 Å². The molecule has 0 fully saturated rings. The predicted molar refractivity (Wildman–Crippen MR) is 89.9 cm³/mol. The van der Waals surface area contributed by atoms with E-state index >= 15 is 0 Å². The molecule has 21 heavy (non-hydrogen) atoms. The smallest absolute Gasteiger partial charge is 0.119 e. The van der Waals surface area contributed by atoms with Crippen molar-refractivity contribution in [2.24, 2.45) is 0 Å². The van der Waals surface area contributed by atoms with Crippen LogP contribution in [0.15, 0.2) is 35.9 Å². The summed E-state index contributed by atoms with van der Waals surface area (Å²) in [5.74, 6) is 0.988. The molecule has 1 aliphatic carbocycles. The Kier molecular flexibility index (Phi) is 6.81. The van der Waals surface area contributed by atoms with Crippen LogP contribution in [0, 0.1) is 6.92 Å². The van der Waals surface area contributed by atoms with Crippen LogP contribution in [-0.2, 0) is 0 Å². The molecule has 1 N–H and O–H groups in total. The molecule has 116 valence electrons. The molecule has 0 spiro atoms. The van der Waals surface area contributed by atoms with Crippen LogP contribution in [0.5, 0.6) is 5.75 Å². The fourth-order valence-corrected chi connectivity index (χ4v) is 2.92. The molecule has 0 amide bonds. The van der Waals surface area contributed by atoms with Gasteiger partial charge >= 0.3 is 0 Å². The van der Waals surface area contributed by atoms with Crippen molar-refractivity contribution < 1.29 is 4.74 Å². The van der Waals surface area contributed by atoms with E-state index in [1.807, 2.05) is 6.07 Å². The summed E-state index contributed by atoms with van der Waals surface area (Å²) in [6.07, 6.45) is 9.88. The lowest BCUT2D eigenvalue weighted by Gasteiger charge is -2.24. The number of nitrogens with one attached hydrogen (secondary N) is 1. The van der Waals surface area contributed by atoms with Gasteiger partial charge in [0, 0.05) is 12.5 Å². The Morgan fingerprint density at radius 1 is 1.29 bits per heavy atom. The average Bonchev–Trinajstić information content (AvgIpc) is 2.51. The number of rotatable bonds is 8. The summed E-state index contributed by atoms with van der Waals surface area (Å²) in [6, 6.07) is 8.80. The van der Waals surface area contributed by atoms with Crippen LogP contribution in [0.4, 0.5) is 0 Å². The Hall–Kier alpha value is -1.28. The van der Waals surface area contributed by atoms with Crippen LogP contribution in [0.25, 0.3) is 0 Å². The molecule has 0 saturated heterocycles. The summed E-state index contributed by atoms with van der Waals surface area (Å²) < 4.78 is 5.92. The quantitative estimate of drug-likeness (QED) is 0.704. The second kappa shape index (κ2) is 8.89. The molecule has 2 rings (SSSR count). The molecular formula is C19H29NO. The van der Waals surface area contributed by atoms with E-state index < -0.39 is 0 Å². The van der Waals surface area contributed by atoms with Gasteiger partial charge in [0.05, 0.1) is 6.61 Å². The van der Waals surface area contributed by atoms with Gasteiger partial charge in [-0.1, -0.05) is 30.7 Å². The molecule has 0 saturated carbocycles. The first-order valence-electron chi connectivity index (χ1n) is 8.41. The minimum atomic E-state index is 0.495. The summed E-state index contributed by atoms with van der Waals surface area (Å²) in [7, 11) is 0. The van der Waals surface area contributed by atoms with Gasteiger partial charge in [0.2, 0.25) is 0 Å². The fourth-order valence-electron chi connectivity index (χ4n) is 2.92. The molecule has 0 radical (unpaired) electrons. The topological polar surface area (TPSA) is 21.3 Å². The molecular weight excluding hydrogens is 258 g/mol. The number of benzene rings is 1. The molecule has 0 aliphatic heterocycles. The number of allylic oxidation sites excluding steroid dienone is 1. The van der Waals surface area contributed by atoms with Crippen molar-refractivity contribution in [2.45, 2.75) is 58.4 Å². The summed E-state index contributed by atoms with van der Waals surface area (Å²) in [4.78, 5) is 0. The van der Waals surface area contributed by atoms with E-state index in [0.29, 0.717) is 6.04 Å². The Balaban J connectivity index is 1.85. The number of hydrogen-bond acceptors (Lipinski definition) is 2. The van der Waals surface area contributed by atoms with Gasteiger partial charge in [-0.3, -0.25) is 0 Å². The lowest BCUT2D eigenvalue weighted by atomic mass is 9.92. The number of hydrogen-bond donors (Lipinski definition) is 1. The molecule has 0 bridgehead atoms. The van der Waals surface area contributed by atoms with E-state index in [-0.39, 0.29) is 0 Å². The van der Waals surface area contributed by atoms with E-state index in [1.165, 1.54) is 37.7 Å². The monoisotopic (exact) mass is 287 g/mol. The second-order valence-electron chi connectivity index (χ2n) is 5.99. The highest BCUT2D eigenvalue weighted by atomic mass is 16.5. The minimum absolute atomic E-state index is 0.495. The first kappa shape index (κ1) is 16.1. The number of aryl methyl sites for hydroxylation is 1. The summed E-state index contributed by atoms with van der Waals surface area (Å²) in [5.41, 5.74) is 2.85. The maximum Gasteiger partial charge on any atom is 0.119 e. The van der Waals surface area contributed by atoms with Gasteiger partial charge in [0.1, 0.15) is 5.75 Å². The van der Waals surface area contributed by atoms with E-state index in [9.17, 15) is 0 Å². The van der Waals surface area contributed by atoms with Gasteiger partial charge < -0.3 is 10.1 Å². The third-order valence-corrected chi connectivity index (χ3v) is 4.08. The molecule has 1 atom stereocenters. The van der Waals surface area contributed by atoms with Gasteiger partial charge in [0.25, 0.3) is 0 Å². The zero-order valence-electron chi connectivity index (χ0n) is 13.5. The molecule has 1 aliphatic rings. The lowest BCUT2D eigenvalue weighted by molar-refractivity contribution is 0.291. The highest BCUT2D eigenvalue weighted by molar-refractivity contribution is 5.27. The van der Waals surface area contributed by atoms with Crippen molar-refractivity contribution in [1.82, 2.24) is 5.32 Å². The van der Waals surface area contributed by atoms with Gasteiger partial charge in [0.15, 0.2) is 0 Å². The largest absolute Gasteiger partial charge is 0.494 e. The Labute approximate surface area is 129 Å². The summed E-state index contributed by atoms with van der Waals surface area (Å²) in [5, 5.41) is 3.69. The third-order valence-electron chi connectivity index (χ3n) is 4.08. The van der Waals surface area contributed by atoms with Gasteiger partial charge in [-0.15, -0.1) is 0 Å². The minimum Gasteiger partial charge on any atom is -0.494 e. The van der Waals surface area contributed by atoms with Crippen molar-refractivity contribution in [3.63, 3.8) is 0 Å². The molecule has 1 aromatic carbocycles. The van der Waals surface area contributed by atoms with Gasteiger partial charge in [-0.05, 0) is 63.3 Å². The van der Waals surface area contributed by atoms with Crippen molar-refractivity contribution in [2.75, 3.05) is 13.2 Å². The summed E-state index contributed by atoms with van der Waals surface area (Å²) in [6.45, 7) is 6.20. The fraction of sp³-hybridized carbons (Fsp3) is 0.579. The van der Waals surface area contributed by atoms with Crippen molar-refractivity contribution in [3.05, 3.63) is 41.5 Å². The maximum atomic E-state index is 5.92. The first-order valence-corrected chi connectivity index (χ1v) is 8.41. The van der Waals surface area contributed by atoms with Crippen molar-refractivity contribution in [1.29, 1.82) is 0 Å².